The molecule has 4 heteroatoms. The molecule has 0 bridgehead atoms. The lowest BCUT2D eigenvalue weighted by Crippen LogP contribution is -2.40. The Morgan fingerprint density at radius 1 is 1.35 bits per heavy atom. The molecule has 0 aromatic carbocycles. The minimum absolute atomic E-state index is 0.0299. The maximum absolute atomic E-state index is 11.8. The molecular weight excluding hydrogens is 220 g/mol. The lowest BCUT2D eigenvalue weighted by molar-refractivity contribution is -0.142. The van der Waals surface area contributed by atoms with E-state index < -0.39 is 11.4 Å². The molecule has 0 atom stereocenters. The van der Waals surface area contributed by atoms with Gasteiger partial charge in [0.1, 0.15) is 18.2 Å². The Bertz CT molecular complexity index is 352. The van der Waals surface area contributed by atoms with E-state index in [9.17, 15) is 14.4 Å². The van der Waals surface area contributed by atoms with Crippen molar-refractivity contribution in [3.05, 3.63) is 12.2 Å². The topological polar surface area (TPSA) is 60.4 Å². The largest absolute Gasteiger partial charge is 0.461 e. The molecule has 4 nitrogen and oxygen atoms in total. The van der Waals surface area contributed by atoms with Crippen LogP contribution >= 0.6 is 0 Å². The van der Waals surface area contributed by atoms with Gasteiger partial charge in [-0.05, 0) is 25.3 Å². The molecule has 0 aromatic heterocycles. The zero-order valence-corrected chi connectivity index (χ0v) is 10.4. The van der Waals surface area contributed by atoms with E-state index in [1.807, 2.05) is 0 Å². The van der Waals surface area contributed by atoms with Gasteiger partial charge in [0, 0.05) is 19.8 Å². The second-order valence-electron chi connectivity index (χ2n) is 4.74. The second-order valence-corrected chi connectivity index (χ2v) is 4.74. The molecule has 0 radical (unpaired) electrons. The van der Waals surface area contributed by atoms with Crippen molar-refractivity contribution in [1.82, 2.24) is 0 Å². The van der Waals surface area contributed by atoms with E-state index in [1.165, 1.54) is 6.92 Å². The number of carbonyl (C=O) groups is 3. The molecule has 1 saturated carbocycles. The Morgan fingerprint density at radius 3 is 2.35 bits per heavy atom. The third-order valence-electron chi connectivity index (χ3n) is 3.12. The number of esters is 1. The maximum Gasteiger partial charge on any atom is 0.302 e. The van der Waals surface area contributed by atoms with E-state index in [1.54, 1.807) is 6.92 Å². The number of carbonyl (C=O) groups excluding carboxylic acids is 3. The van der Waals surface area contributed by atoms with Crippen LogP contribution in [-0.4, -0.2) is 24.1 Å². The summed E-state index contributed by atoms with van der Waals surface area (Å²) >= 11 is 0. The average molecular weight is 238 g/mol. The first kappa shape index (κ1) is 13.6. The molecule has 0 aliphatic heterocycles. The number of Topliss-reactive ketones (excluding diaryl/α,β-unsaturated/α-hetero) is 2. The van der Waals surface area contributed by atoms with Crippen LogP contribution in [-0.2, 0) is 19.1 Å². The highest BCUT2D eigenvalue weighted by Crippen LogP contribution is 2.35. The van der Waals surface area contributed by atoms with Gasteiger partial charge in [-0.15, -0.1) is 0 Å². The number of ketones is 2. The van der Waals surface area contributed by atoms with E-state index in [2.05, 4.69) is 6.58 Å². The highest BCUT2D eigenvalue weighted by Gasteiger charge is 2.42. The Labute approximate surface area is 101 Å². The van der Waals surface area contributed by atoms with Gasteiger partial charge in [-0.25, -0.2) is 0 Å². The fourth-order valence-corrected chi connectivity index (χ4v) is 2.07. The van der Waals surface area contributed by atoms with Crippen LogP contribution in [0.2, 0.25) is 0 Å². The molecule has 0 saturated heterocycles. The van der Waals surface area contributed by atoms with Gasteiger partial charge in [0.15, 0.2) is 0 Å². The van der Waals surface area contributed by atoms with Crippen molar-refractivity contribution in [2.75, 3.05) is 6.61 Å². The highest BCUT2D eigenvalue weighted by atomic mass is 16.5. The van der Waals surface area contributed by atoms with Crippen LogP contribution in [0.15, 0.2) is 12.2 Å². The molecule has 0 aromatic rings. The molecule has 1 aliphatic carbocycles. The number of hydrogen-bond acceptors (Lipinski definition) is 4. The van der Waals surface area contributed by atoms with E-state index >= 15 is 0 Å². The molecule has 1 fully saturated rings. The fourth-order valence-electron chi connectivity index (χ4n) is 2.07. The monoisotopic (exact) mass is 238 g/mol. The van der Waals surface area contributed by atoms with Crippen LogP contribution in [0.1, 0.15) is 39.5 Å². The molecule has 0 N–H and O–H groups in total. The molecular formula is C13H18O4. The Morgan fingerprint density at radius 2 is 1.88 bits per heavy atom. The van der Waals surface area contributed by atoms with Crippen molar-refractivity contribution in [1.29, 1.82) is 0 Å². The number of hydrogen-bond donors (Lipinski definition) is 0. The van der Waals surface area contributed by atoms with Gasteiger partial charge >= 0.3 is 5.97 Å². The molecule has 1 aliphatic rings. The van der Waals surface area contributed by atoms with Crippen molar-refractivity contribution >= 4 is 17.5 Å². The summed E-state index contributed by atoms with van der Waals surface area (Å²) in [6.07, 6.45) is 1.81. The van der Waals surface area contributed by atoms with Gasteiger partial charge in [0.2, 0.25) is 0 Å². The Balaban J connectivity index is 2.64. The van der Waals surface area contributed by atoms with Gasteiger partial charge in [0.25, 0.3) is 0 Å². The zero-order chi connectivity index (χ0) is 13.1. The minimum Gasteiger partial charge on any atom is -0.461 e. The first-order chi connectivity index (χ1) is 7.86. The summed E-state index contributed by atoms with van der Waals surface area (Å²) in [5.41, 5.74) is -0.360. The van der Waals surface area contributed by atoms with Gasteiger partial charge in [0.05, 0.1) is 5.41 Å². The lowest BCUT2D eigenvalue weighted by Gasteiger charge is -2.31. The third kappa shape index (κ3) is 3.25. The van der Waals surface area contributed by atoms with Crippen LogP contribution in [0.25, 0.3) is 0 Å². The first-order valence-electron chi connectivity index (χ1n) is 5.73. The SMILES string of the molecule is C=C(COC(C)=O)CC1(C)C(=O)CCCC1=O. The molecule has 94 valence electrons. The van der Waals surface area contributed by atoms with Crippen molar-refractivity contribution < 1.29 is 19.1 Å². The van der Waals surface area contributed by atoms with Gasteiger partial charge < -0.3 is 4.74 Å². The Kier molecular flexibility index (Phi) is 4.21. The standard InChI is InChI=1S/C13H18O4/c1-9(8-17-10(2)14)7-13(3)11(15)5-4-6-12(13)16/h1,4-8H2,2-3H3. The third-order valence-corrected chi connectivity index (χ3v) is 3.12. The normalized spacial score (nSPS) is 18.9. The molecule has 0 heterocycles. The van der Waals surface area contributed by atoms with Crippen molar-refractivity contribution in [2.45, 2.75) is 39.5 Å². The molecule has 17 heavy (non-hydrogen) atoms. The predicted molar refractivity (Wildman–Crippen MR) is 62.4 cm³/mol. The molecule has 0 amide bonds. The first-order valence-corrected chi connectivity index (χ1v) is 5.73. The smallest absolute Gasteiger partial charge is 0.302 e. The lowest BCUT2D eigenvalue weighted by atomic mass is 9.70. The van der Waals surface area contributed by atoms with Crippen molar-refractivity contribution in [3.8, 4) is 0 Å². The quantitative estimate of drug-likeness (QED) is 0.426. The van der Waals surface area contributed by atoms with E-state index in [-0.39, 0.29) is 24.6 Å². The Hall–Kier alpha value is -1.45. The minimum atomic E-state index is -0.963. The van der Waals surface area contributed by atoms with E-state index in [0.717, 1.165) is 0 Å². The van der Waals surface area contributed by atoms with Gasteiger partial charge in [-0.1, -0.05) is 6.58 Å². The van der Waals surface area contributed by atoms with E-state index in [0.29, 0.717) is 24.8 Å². The summed E-state index contributed by atoms with van der Waals surface area (Å²) in [5.74, 6) is -0.451. The molecule has 1 rings (SSSR count). The fraction of sp³-hybridized carbons (Fsp3) is 0.615. The summed E-state index contributed by atoms with van der Waals surface area (Å²) in [5, 5.41) is 0. The second kappa shape index (κ2) is 5.25. The molecule has 0 spiro atoms. The van der Waals surface area contributed by atoms with Crippen LogP contribution < -0.4 is 0 Å². The summed E-state index contributed by atoms with van der Waals surface area (Å²) in [6.45, 7) is 6.80. The summed E-state index contributed by atoms with van der Waals surface area (Å²) in [6, 6.07) is 0. The summed E-state index contributed by atoms with van der Waals surface area (Å²) in [7, 11) is 0. The predicted octanol–water partition coefficient (Wildman–Crippen LogP) is 1.82. The average Bonchev–Trinajstić information content (AvgIpc) is 2.23. The van der Waals surface area contributed by atoms with Crippen LogP contribution in [0.5, 0.6) is 0 Å². The summed E-state index contributed by atoms with van der Waals surface area (Å²) in [4.78, 5) is 34.3. The van der Waals surface area contributed by atoms with Crippen molar-refractivity contribution in [2.24, 2.45) is 5.41 Å². The van der Waals surface area contributed by atoms with Crippen LogP contribution in [0, 0.1) is 5.41 Å². The van der Waals surface area contributed by atoms with Gasteiger partial charge in [-0.3, -0.25) is 14.4 Å². The number of ether oxygens (including phenoxy) is 1. The van der Waals surface area contributed by atoms with E-state index in [4.69, 9.17) is 4.74 Å². The maximum atomic E-state index is 11.8. The zero-order valence-electron chi connectivity index (χ0n) is 10.4. The number of rotatable bonds is 4. The van der Waals surface area contributed by atoms with Crippen LogP contribution in [0.3, 0.4) is 0 Å². The van der Waals surface area contributed by atoms with Gasteiger partial charge in [-0.2, -0.15) is 0 Å². The van der Waals surface area contributed by atoms with Crippen molar-refractivity contribution in [3.63, 3.8) is 0 Å². The molecule has 0 unspecified atom stereocenters. The van der Waals surface area contributed by atoms with Crippen LogP contribution in [0.4, 0.5) is 0 Å². The highest BCUT2D eigenvalue weighted by molar-refractivity contribution is 6.08. The summed E-state index contributed by atoms with van der Waals surface area (Å²) < 4.78 is 4.80.